The second kappa shape index (κ2) is 8.28. The summed E-state index contributed by atoms with van der Waals surface area (Å²) < 4.78 is 18.5. The number of carboxylic acids is 1. The molecule has 2 aromatic carbocycles. The molecule has 0 spiro atoms. The lowest BCUT2D eigenvalue weighted by molar-refractivity contribution is -0.141. The molecule has 0 aromatic heterocycles. The number of ether oxygens (including phenoxy) is 1. The van der Waals surface area contributed by atoms with Gasteiger partial charge in [0.1, 0.15) is 11.6 Å². The highest BCUT2D eigenvalue weighted by Gasteiger charge is 2.12. The van der Waals surface area contributed by atoms with E-state index in [1.165, 1.54) is 25.3 Å². The van der Waals surface area contributed by atoms with E-state index in [1.54, 1.807) is 31.2 Å². The average Bonchev–Trinajstić information content (AvgIpc) is 2.56. The van der Waals surface area contributed by atoms with E-state index in [-0.39, 0.29) is 12.3 Å². The quantitative estimate of drug-likeness (QED) is 0.807. The number of aliphatic carboxylic acids is 1. The van der Waals surface area contributed by atoms with Gasteiger partial charge < -0.3 is 15.2 Å². The minimum Gasteiger partial charge on any atom is -0.496 e. The average molecular weight is 345 g/mol. The van der Waals surface area contributed by atoms with E-state index in [2.05, 4.69) is 5.32 Å². The number of nitrogens with one attached hydrogen (secondary N) is 1. The molecule has 0 aliphatic heterocycles. The summed E-state index contributed by atoms with van der Waals surface area (Å²) >= 11 is 0. The normalized spacial score (nSPS) is 11.6. The summed E-state index contributed by atoms with van der Waals surface area (Å²) in [5, 5.41) is 11.7. The van der Waals surface area contributed by atoms with Crippen LogP contribution in [0.25, 0.3) is 0 Å². The van der Waals surface area contributed by atoms with Crippen LogP contribution in [-0.2, 0) is 22.4 Å². The smallest absolute Gasteiger partial charge is 0.306 e. The first-order chi connectivity index (χ1) is 11.9. The monoisotopic (exact) mass is 345 g/mol. The Morgan fingerprint density at radius 1 is 1.20 bits per heavy atom. The van der Waals surface area contributed by atoms with Crippen LogP contribution in [0.3, 0.4) is 0 Å². The van der Waals surface area contributed by atoms with Crippen LogP contribution >= 0.6 is 0 Å². The van der Waals surface area contributed by atoms with Crippen LogP contribution in [0, 0.1) is 11.7 Å². The van der Waals surface area contributed by atoms with E-state index < -0.39 is 17.7 Å². The van der Waals surface area contributed by atoms with Gasteiger partial charge in [-0.1, -0.05) is 19.1 Å². The third kappa shape index (κ3) is 5.31. The Kier molecular flexibility index (Phi) is 6.11. The van der Waals surface area contributed by atoms with E-state index >= 15 is 0 Å². The maximum Gasteiger partial charge on any atom is 0.306 e. The van der Waals surface area contributed by atoms with Crippen molar-refractivity contribution in [3.8, 4) is 5.75 Å². The molecule has 1 atom stereocenters. The van der Waals surface area contributed by atoms with Crippen molar-refractivity contribution in [1.82, 2.24) is 0 Å². The molecule has 2 aromatic rings. The molecule has 0 radical (unpaired) electrons. The molecule has 2 N–H and O–H groups in total. The lowest BCUT2D eigenvalue weighted by atomic mass is 10.0. The van der Waals surface area contributed by atoms with Crippen molar-refractivity contribution < 1.29 is 23.8 Å². The fraction of sp³-hybridized carbons (Fsp3) is 0.263. The molecule has 0 saturated heterocycles. The molecule has 1 unspecified atom stereocenters. The van der Waals surface area contributed by atoms with Gasteiger partial charge in [0.2, 0.25) is 5.91 Å². The Bertz CT molecular complexity index is 759. The summed E-state index contributed by atoms with van der Waals surface area (Å²) in [5.41, 5.74) is 1.93. The number of hydrogen-bond donors (Lipinski definition) is 2. The summed E-state index contributed by atoms with van der Waals surface area (Å²) in [5.74, 6) is -1.59. The van der Waals surface area contributed by atoms with Crippen molar-refractivity contribution in [2.75, 3.05) is 12.4 Å². The number of amides is 1. The number of methoxy groups -OCH3 is 1. The first-order valence-electron chi connectivity index (χ1n) is 7.83. The highest BCUT2D eigenvalue weighted by molar-refractivity contribution is 5.92. The molecular weight excluding hydrogens is 325 g/mol. The van der Waals surface area contributed by atoms with Crippen molar-refractivity contribution in [2.45, 2.75) is 19.8 Å². The molecule has 132 valence electrons. The minimum atomic E-state index is -0.846. The topological polar surface area (TPSA) is 75.6 Å². The molecule has 1 amide bonds. The van der Waals surface area contributed by atoms with Crippen molar-refractivity contribution in [3.05, 3.63) is 59.4 Å². The van der Waals surface area contributed by atoms with E-state index in [1.807, 2.05) is 0 Å². The molecule has 0 fully saturated rings. The zero-order valence-electron chi connectivity index (χ0n) is 14.1. The van der Waals surface area contributed by atoms with Crippen molar-refractivity contribution >= 4 is 17.6 Å². The summed E-state index contributed by atoms with van der Waals surface area (Å²) in [6.07, 6.45) is 0.406. The number of hydrogen-bond acceptors (Lipinski definition) is 3. The molecule has 0 bridgehead atoms. The van der Waals surface area contributed by atoms with Crippen LogP contribution in [0.1, 0.15) is 18.1 Å². The molecule has 0 aliphatic carbocycles. The van der Waals surface area contributed by atoms with E-state index in [0.29, 0.717) is 23.4 Å². The van der Waals surface area contributed by atoms with Crippen molar-refractivity contribution in [3.63, 3.8) is 0 Å². The number of carboxylic acid groups (broad SMARTS) is 1. The molecule has 25 heavy (non-hydrogen) atoms. The summed E-state index contributed by atoms with van der Waals surface area (Å²) in [7, 11) is 1.46. The Morgan fingerprint density at radius 3 is 2.48 bits per heavy atom. The Labute approximate surface area is 145 Å². The fourth-order valence-electron chi connectivity index (χ4n) is 2.43. The molecule has 5 nitrogen and oxygen atoms in total. The molecule has 2 rings (SSSR count). The molecule has 0 aliphatic rings. The molecule has 0 heterocycles. The Morgan fingerprint density at radius 2 is 1.88 bits per heavy atom. The first kappa shape index (κ1) is 18.4. The van der Waals surface area contributed by atoms with Crippen LogP contribution in [0.15, 0.2) is 42.5 Å². The number of anilines is 1. The number of halogens is 1. The minimum absolute atomic E-state index is 0.0151. The van der Waals surface area contributed by atoms with Gasteiger partial charge in [-0.05, 0) is 42.3 Å². The van der Waals surface area contributed by atoms with E-state index in [0.717, 1.165) is 5.56 Å². The van der Waals surface area contributed by atoms with Gasteiger partial charge >= 0.3 is 5.97 Å². The van der Waals surface area contributed by atoms with Crippen LogP contribution in [0.5, 0.6) is 5.75 Å². The molecule has 6 heteroatoms. The van der Waals surface area contributed by atoms with Gasteiger partial charge in [0.15, 0.2) is 0 Å². The van der Waals surface area contributed by atoms with Gasteiger partial charge in [0.05, 0.1) is 19.4 Å². The fourth-order valence-corrected chi connectivity index (χ4v) is 2.43. The SMILES string of the molecule is COc1ccc(F)cc1CC(=O)Nc1ccc(CC(C)C(=O)O)cc1. The van der Waals surface area contributed by atoms with Crippen LogP contribution in [-0.4, -0.2) is 24.1 Å². The van der Waals surface area contributed by atoms with Gasteiger partial charge in [-0.25, -0.2) is 4.39 Å². The second-order valence-electron chi connectivity index (χ2n) is 5.82. The first-order valence-corrected chi connectivity index (χ1v) is 7.83. The number of rotatable bonds is 7. The Hall–Kier alpha value is -2.89. The van der Waals surface area contributed by atoms with Crippen molar-refractivity contribution in [1.29, 1.82) is 0 Å². The highest BCUT2D eigenvalue weighted by atomic mass is 19.1. The predicted molar refractivity (Wildman–Crippen MR) is 92.2 cm³/mol. The largest absolute Gasteiger partial charge is 0.496 e. The Balaban J connectivity index is 1.99. The number of carbonyl (C=O) groups excluding carboxylic acids is 1. The maximum absolute atomic E-state index is 13.3. The maximum atomic E-state index is 13.3. The highest BCUT2D eigenvalue weighted by Crippen LogP contribution is 2.20. The van der Waals surface area contributed by atoms with Gasteiger partial charge in [-0.2, -0.15) is 0 Å². The summed E-state index contributed by atoms with van der Waals surface area (Å²) in [4.78, 5) is 23.0. The van der Waals surface area contributed by atoms with Crippen LogP contribution in [0.4, 0.5) is 10.1 Å². The van der Waals surface area contributed by atoms with Crippen LogP contribution in [0.2, 0.25) is 0 Å². The van der Waals surface area contributed by atoms with Gasteiger partial charge in [-0.3, -0.25) is 9.59 Å². The summed E-state index contributed by atoms with van der Waals surface area (Å²) in [6.45, 7) is 1.64. The van der Waals surface area contributed by atoms with Crippen molar-refractivity contribution in [2.24, 2.45) is 5.92 Å². The van der Waals surface area contributed by atoms with E-state index in [9.17, 15) is 14.0 Å². The van der Waals surface area contributed by atoms with Gasteiger partial charge in [0, 0.05) is 11.3 Å². The number of benzene rings is 2. The summed E-state index contributed by atoms with van der Waals surface area (Å²) in [6, 6.07) is 11.0. The molecular formula is C19H20FNO4. The van der Waals surface area contributed by atoms with E-state index in [4.69, 9.17) is 9.84 Å². The number of carbonyl (C=O) groups is 2. The lowest BCUT2D eigenvalue weighted by Gasteiger charge is -2.10. The van der Waals surface area contributed by atoms with Gasteiger partial charge in [-0.15, -0.1) is 0 Å². The van der Waals surface area contributed by atoms with Gasteiger partial charge in [0.25, 0.3) is 0 Å². The third-order valence-electron chi connectivity index (χ3n) is 3.79. The lowest BCUT2D eigenvalue weighted by Crippen LogP contribution is -2.15. The zero-order valence-corrected chi connectivity index (χ0v) is 14.1. The second-order valence-corrected chi connectivity index (χ2v) is 5.82. The van der Waals surface area contributed by atoms with Crippen LogP contribution < -0.4 is 10.1 Å². The standard InChI is InChI=1S/C19H20FNO4/c1-12(19(23)24)9-13-3-6-16(7-4-13)21-18(22)11-14-10-15(20)5-8-17(14)25-2/h3-8,10,12H,9,11H2,1-2H3,(H,21,22)(H,23,24). The third-order valence-corrected chi connectivity index (χ3v) is 3.79. The molecule has 0 saturated carbocycles. The zero-order chi connectivity index (χ0) is 18.4. The predicted octanol–water partition coefficient (Wildman–Crippen LogP) is 3.28.